The van der Waals surface area contributed by atoms with Gasteiger partial charge in [0.1, 0.15) is 18.2 Å². The zero-order valence-electron chi connectivity index (χ0n) is 31.4. The van der Waals surface area contributed by atoms with Crippen LogP contribution in [-0.4, -0.2) is 85.6 Å². The number of urea groups is 1. The van der Waals surface area contributed by atoms with Crippen LogP contribution in [0, 0.1) is 5.92 Å². The number of rotatable bonds is 17. The van der Waals surface area contributed by atoms with E-state index in [1.54, 1.807) is 52.2 Å². The third kappa shape index (κ3) is 13.5. The summed E-state index contributed by atoms with van der Waals surface area (Å²) in [6.07, 6.45) is -0.472. The van der Waals surface area contributed by atoms with E-state index in [0.717, 1.165) is 16.7 Å². The van der Waals surface area contributed by atoms with Crippen molar-refractivity contribution in [2.45, 2.75) is 64.8 Å². The molecule has 0 heterocycles. The average molecular weight is 732 g/mol. The first-order valence-corrected chi connectivity index (χ1v) is 17.5. The summed E-state index contributed by atoms with van der Waals surface area (Å²) in [4.78, 5) is 65.1. The van der Waals surface area contributed by atoms with E-state index in [4.69, 9.17) is 20.9 Å². The lowest BCUT2D eigenvalue weighted by molar-refractivity contribution is -0.128. The molecule has 0 saturated heterocycles. The van der Waals surface area contributed by atoms with Gasteiger partial charge >= 0.3 is 18.2 Å². The number of nitrogens with zero attached hydrogens (tertiary/aromatic N) is 2. The second-order valence-corrected chi connectivity index (χ2v) is 13.7. The summed E-state index contributed by atoms with van der Waals surface area (Å²) >= 11 is 0. The zero-order chi connectivity index (χ0) is 39.1. The van der Waals surface area contributed by atoms with Gasteiger partial charge in [-0.2, -0.15) is 0 Å². The van der Waals surface area contributed by atoms with Crippen molar-refractivity contribution in [3.63, 3.8) is 0 Å². The molecule has 0 radical (unpaired) electrons. The van der Waals surface area contributed by atoms with E-state index >= 15 is 0 Å². The van der Waals surface area contributed by atoms with Crippen LogP contribution in [0.2, 0.25) is 0 Å². The molecule has 1 unspecified atom stereocenters. The summed E-state index contributed by atoms with van der Waals surface area (Å²) in [7, 11) is 3.18. The van der Waals surface area contributed by atoms with Crippen LogP contribution in [0.15, 0.2) is 78.9 Å². The molecule has 53 heavy (non-hydrogen) atoms. The van der Waals surface area contributed by atoms with Crippen LogP contribution in [0.4, 0.5) is 20.1 Å². The molecule has 3 aromatic carbocycles. The quantitative estimate of drug-likeness (QED) is 0.122. The summed E-state index contributed by atoms with van der Waals surface area (Å²) in [5.74, 6) is -1.04. The first-order chi connectivity index (χ1) is 25.1. The Hall–Kier alpha value is -5.63. The minimum Gasteiger partial charge on any atom is -0.445 e. The van der Waals surface area contributed by atoms with Gasteiger partial charge in [-0.1, -0.05) is 80.6 Å². The van der Waals surface area contributed by atoms with Crippen LogP contribution in [0.25, 0.3) is 11.1 Å². The van der Waals surface area contributed by atoms with Gasteiger partial charge in [0.15, 0.2) is 0 Å². The molecule has 7 N–H and O–H groups in total. The molecule has 14 heteroatoms. The predicted molar refractivity (Wildman–Crippen MR) is 203 cm³/mol. The van der Waals surface area contributed by atoms with Crippen LogP contribution in [0.3, 0.4) is 0 Å². The number of carbonyl (C=O) groups excluding carboxylic acids is 5. The van der Waals surface area contributed by atoms with Crippen molar-refractivity contribution >= 4 is 35.7 Å². The molecule has 0 aliphatic carbocycles. The molecule has 3 aromatic rings. The Morgan fingerprint density at radius 3 is 1.96 bits per heavy atom. The molecule has 0 aliphatic rings. The minimum atomic E-state index is -0.900. The number of hydrogen-bond acceptors (Lipinski definition) is 8. The maximum Gasteiger partial charge on any atom is 0.410 e. The van der Waals surface area contributed by atoms with Gasteiger partial charge in [-0.05, 0) is 67.0 Å². The van der Waals surface area contributed by atoms with Gasteiger partial charge in [0.05, 0.1) is 6.04 Å². The molecule has 0 saturated carbocycles. The van der Waals surface area contributed by atoms with Crippen LogP contribution in [-0.2, 0) is 31.3 Å². The third-order valence-electron chi connectivity index (χ3n) is 8.63. The number of nitrogens with two attached hydrogens (primary N) is 2. The molecule has 0 fully saturated rings. The van der Waals surface area contributed by atoms with Crippen molar-refractivity contribution in [1.29, 1.82) is 0 Å². The number of likely N-dealkylation sites (N-methyl/N-ethyl adjacent to an activating group) is 2. The van der Waals surface area contributed by atoms with Crippen molar-refractivity contribution in [2.24, 2.45) is 17.4 Å². The van der Waals surface area contributed by atoms with Gasteiger partial charge in [-0.3, -0.25) is 9.59 Å². The topological polar surface area (TPSA) is 198 Å². The number of benzene rings is 3. The van der Waals surface area contributed by atoms with E-state index in [-0.39, 0.29) is 38.6 Å². The van der Waals surface area contributed by atoms with Gasteiger partial charge in [-0.15, -0.1) is 0 Å². The number of carbonyl (C=O) groups is 5. The monoisotopic (exact) mass is 731 g/mol. The Bertz CT molecular complexity index is 1670. The lowest BCUT2D eigenvalue weighted by atomic mass is 9.95. The lowest BCUT2D eigenvalue weighted by Gasteiger charge is -2.29. The summed E-state index contributed by atoms with van der Waals surface area (Å²) in [5, 5.41) is 7.94. The Morgan fingerprint density at radius 1 is 0.792 bits per heavy atom. The molecule has 6 amide bonds. The average Bonchev–Trinajstić information content (AvgIpc) is 3.14. The Kier molecular flexibility index (Phi) is 15.6. The summed E-state index contributed by atoms with van der Waals surface area (Å²) < 4.78 is 11.3. The zero-order valence-corrected chi connectivity index (χ0v) is 31.4. The molecule has 3 rings (SSSR count). The first kappa shape index (κ1) is 41.8. The fraction of sp³-hybridized carbons (Fsp3) is 0.410. The standard InChI is InChI=1S/C39H53N7O7/c1-26(2)33(40)35(48)44-32(13-10-22-42-36(41)49)34(47)43-31-20-14-27(15-21-31)25-52-37(50)45(5)23-24-46(6)38(51)53-39(3,4)30-18-16-29(17-19-30)28-11-8-7-9-12-28/h7-9,11-12,14-21,26,32-33H,10,13,22-25,40H2,1-6H3,(H,43,47)(H,44,48)(H3,41,42,49)/t32-,33?/m0/s1. The van der Waals surface area contributed by atoms with Crippen LogP contribution in [0.5, 0.6) is 0 Å². The second kappa shape index (κ2) is 19.8. The van der Waals surface area contributed by atoms with Crippen molar-refractivity contribution in [2.75, 3.05) is 39.0 Å². The molecular formula is C39H53N7O7. The van der Waals surface area contributed by atoms with Crippen molar-refractivity contribution in [3.8, 4) is 11.1 Å². The maximum atomic E-state index is 13.1. The number of nitrogens with one attached hydrogen (secondary N) is 3. The van der Waals surface area contributed by atoms with Crippen molar-refractivity contribution < 1.29 is 33.4 Å². The molecule has 286 valence electrons. The largest absolute Gasteiger partial charge is 0.445 e. The van der Waals surface area contributed by atoms with E-state index in [1.165, 1.54) is 9.80 Å². The fourth-order valence-electron chi connectivity index (χ4n) is 5.06. The number of hydrogen-bond donors (Lipinski definition) is 5. The number of amides is 6. The van der Waals surface area contributed by atoms with Crippen LogP contribution in [0.1, 0.15) is 51.7 Å². The first-order valence-electron chi connectivity index (χ1n) is 17.5. The summed E-state index contributed by atoms with van der Waals surface area (Å²) in [5.41, 5.74) is 14.3. The Morgan fingerprint density at radius 2 is 1.38 bits per heavy atom. The molecule has 0 aliphatic heterocycles. The summed E-state index contributed by atoms with van der Waals surface area (Å²) in [6.45, 7) is 7.91. The predicted octanol–water partition coefficient (Wildman–Crippen LogP) is 4.78. The number of primary amides is 1. The number of anilines is 1. The minimum absolute atomic E-state index is 0.0227. The highest BCUT2D eigenvalue weighted by atomic mass is 16.6. The Labute approximate surface area is 311 Å². The van der Waals surface area contributed by atoms with Gasteiger partial charge in [0.25, 0.3) is 0 Å². The second-order valence-electron chi connectivity index (χ2n) is 13.7. The fourth-order valence-corrected chi connectivity index (χ4v) is 5.06. The van der Waals surface area contributed by atoms with Crippen LogP contribution < -0.4 is 27.4 Å². The highest BCUT2D eigenvalue weighted by Crippen LogP contribution is 2.28. The van der Waals surface area contributed by atoms with Gasteiger partial charge in [-0.25, -0.2) is 14.4 Å². The van der Waals surface area contributed by atoms with Crippen molar-refractivity contribution in [3.05, 3.63) is 90.0 Å². The van der Waals surface area contributed by atoms with E-state index in [0.29, 0.717) is 17.7 Å². The molecule has 0 aromatic heterocycles. The van der Waals surface area contributed by atoms with Crippen molar-refractivity contribution in [1.82, 2.24) is 20.4 Å². The molecule has 14 nitrogen and oxygen atoms in total. The molecular weight excluding hydrogens is 678 g/mol. The SMILES string of the molecule is CC(C)C(N)C(=O)N[C@@H](CCCNC(N)=O)C(=O)Nc1ccc(COC(=O)N(C)CCN(C)C(=O)OC(C)(C)c2ccc(-c3ccccc3)cc2)cc1. The highest BCUT2D eigenvalue weighted by molar-refractivity contribution is 5.97. The van der Waals surface area contributed by atoms with Gasteiger partial charge in [0.2, 0.25) is 11.8 Å². The van der Waals surface area contributed by atoms with Crippen LogP contribution >= 0.6 is 0 Å². The summed E-state index contributed by atoms with van der Waals surface area (Å²) in [6, 6.07) is 22.2. The van der Waals surface area contributed by atoms with E-state index < -0.39 is 47.7 Å². The Balaban J connectivity index is 1.45. The lowest BCUT2D eigenvalue weighted by Crippen LogP contribution is -2.51. The molecule has 0 spiro atoms. The number of ether oxygens (including phenoxy) is 2. The molecule has 2 atom stereocenters. The molecule has 0 bridgehead atoms. The third-order valence-corrected chi connectivity index (χ3v) is 8.63. The van der Waals surface area contributed by atoms with Gasteiger partial charge in [0, 0.05) is 39.4 Å². The van der Waals surface area contributed by atoms with Gasteiger partial charge < -0.3 is 46.7 Å². The highest BCUT2D eigenvalue weighted by Gasteiger charge is 2.28. The normalized spacial score (nSPS) is 12.2. The van der Waals surface area contributed by atoms with E-state index in [9.17, 15) is 24.0 Å². The maximum absolute atomic E-state index is 13.1. The smallest absolute Gasteiger partial charge is 0.410 e. The van der Waals surface area contributed by atoms with E-state index in [1.807, 2.05) is 68.4 Å². The van der Waals surface area contributed by atoms with E-state index in [2.05, 4.69) is 16.0 Å².